The SMILES string of the molecule is COc1cc(=O)n2c(c1C(=O)NCc1ccsc1)CCN(CC1CC1)CC2. The lowest BCUT2D eigenvalue weighted by molar-refractivity contribution is 0.0945. The number of carbonyl (C=O) groups is 1. The van der Waals surface area contributed by atoms with Gasteiger partial charge in [-0.25, -0.2) is 0 Å². The Hall–Kier alpha value is -2.12. The second-order valence-electron chi connectivity index (χ2n) is 7.33. The average Bonchev–Trinajstić information content (AvgIpc) is 3.38. The minimum Gasteiger partial charge on any atom is -0.496 e. The van der Waals surface area contributed by atoms with Crippen LogP contribution in [0.15, 0.2) is 27.7 Å². The summed E-state index contributed by atoms with van der Waals surface area (Å²) in [5.41, 5.74) is 2.27. The lowest BCUT2D eigenvalue weighted by Gasteiger charge is -2.18. The molecular formula is C20H25N3O3S. The zero-order valence-electron chi connectivity index (χ0n) is 15.6. The van der Waals surface area contributed by atoms with E-state index < -0.39 is 0 Å². The molecule has 1 N–H and O–H groups in total. The molecule has 4 rings (SSSR count). The molecule has 0 spiro atoms. The van der Waals surface area contributed by atoms with Gasteiger partial charge in [-0.1, -0.05) is 0 Å². The Balaban J connectivity index is 1.60. The fourth-order valence-corrected chi connectivity index (χ4v) is 4.38. The van der Waals surface area contributed by atoms with Crippen LogP contribution in [0.25, 0.3) is 0 Å². The lowest BCUT2D eigenvalue weighted by atomic mass is 10.1. The van der Waals surface area contributed by atoms with Crippen molar-refractivity contribution in [1.82, 2.24) is 14.8 Å². The maximum Gasteiger partial charge on any atom is 0.257 e. The Kier molecular flexibility index (Phi) is 5.31. The molecule has 0 aromatic carbocycles. The number of thiophene rings is 1. The summed E-state index contributed by atoms with van der Waals surface area (Å²) in [4.78, 5) is 28.0. The number of rotatable bonds is 6. The van der Waals surface area contributed by atoms with E-state index in [1.165, 1.54) is 26.0 Å². The number of methoxy groups -OCH3 is 1. The molecule has 1 aliphatic heterocycles. The first kappa shape index (κ1) is 18.3. The highest BCUT2D eigenvalue weighted by Gasteiger charge is 2.28. The summed E-state index contributed by atoms with van der Waals surface area (Å²) in [6, 6.07) is 3.44. The van der Waals surface area contributed by atoms with Crippen LogP contribution in [0, 0.1) is 5.92 Å². The maximum atomic E-state index is 13.0. The van der Waals surface area contributed by atoms with Gasteiger partial charge >= 0.3 is 0 Å². The highest BCUT2D eigenvalue weighted by atomic mass is 32.1. The van der Waals surface area contributed by atoms with Crippen molar-refractivity contribution in [2.75, 3.05) is 26.7 Å². The van der Waals surface area contributed by atoms with Crippen molar-refractivity contribution in [3.05, 3.63) is 50.1 Å². The first-order chi connectivity index (χ1) is 13.2. The van der Waals surface area contributed by atoms with E-state index in [2.05, 4.69) is 10.2 Å². The molecule has 3 heterocycles. The smallest absolute Gasteiger partial charge is 0.257 e. The van der Waals surface area contributed by atoms with Gasteiger partial charge < -0.3 is 19.5 Å². The van der Waals surface area contributed by atoms with Gasteiger partial charge in [0.15, 0.2) is 0 Å². The van der Waals surface area contributed by atoms with E-state index in [4.69, 9.17) is 4.74 Å². The number of hydrogen-bond donors (Lipinski definition) is 1. The first-order valence-corrected chi connectivity index (χ1v) is 10.4. The molecule has 1 fully saturated rings. The Morgan fingerprint density at radius 1 is 1.33 bits per heavy atom. The van der Waals surface area contributed by atoms with Gasteiger partial charge in [-0.15, -0.1) is 0 Å². The summed E-state index contributed by atoms with van der Waals surface area (Å²) in [7, 11) is 1.51. The summed E-state index contributed by atoms with van der Waals surface area (Å²) in [5.74, 6) is 0.994. The van der Waals surface area contributed by atoms with Crippen molar-refractivity contribution in [3.8, 4) is 5.75 Å². The van der Waals surface area contributed by atoms with Gasteiger partial charge in [0.2, 0.25) is 0 Å². The van der Waals surface area contributed by atoms with Gasteiger partial charge in [0, 0.05) is 50.9 Å². The standard InChI is InChI=1S/C20H25N3O3S/c1-26-17-10-18(24)23-8-7-22(12-14-2-3-14)6-4-16(23)19(17)20(25)21-11-15-5-9-27-13-15/h5,9-10,13-14H,2-4,6-8,11-12H2,1H3,(H,21,25). The molecule has 2 aliphatic rings. The number of ether oxygens (including phenoxy) is 1. The second kappa shape index (κ2) is 7.86. The quantitative estimate of drug-likeness (QED) is 0.825. The van der Waals surface area contributed by atoms with Crippen molar-refractivity contribution in [2.45, 2.75) is 32.4 Å². The molecular weight excluding hydrogens is 362 g/mol. The van der Waals surface area contributed by atoms with Crippen LogP contribution in [-0.4, -0.2) is 42.1 Å². The molecule has 0 saturated heterocycles. The number of aromatic nitrogens is 1. The number of fused-ring (bicyclic) bond motifs is 1. The zero-order chi connectivity index (χ0) is 18.8. The third-order valence-corrected chi connectivity index (χ3v) is 6.11. The highest BCUT2D eigenvalue weighted by molar-refractivity contribution is 7.07. The molecule has 1 amide bonds. The predicted octanol–water partition coefficient (Wildman–Crippen LogP) is 2.12. The second-order valence-corrected chi connectivity index (χ2v) is 8.11. The molecule has 6 nitrogen and oxygen atoms in total. The van der Waals surface area contributed by atoms with Gasteiger partial charge in [0.1, 0.15) is 11.3 Å². The Labute approximate surface area is 162 Å². The predicted molar refractivity (Wildman–Crippen MR) is 106 cm³/mol. The van der Waals surface area contributed by atoms with Gasteiger partial charge in [-0.2, -0.15) is 11.3 Å². The van der Waals surface area contributed by atoms with E-state index in [1.54, 1.807) is 15.9 Å². The number of nitrogens with one attached hydrogen (secondary N) is 1. The van der Waals surface area contributed by atoms with Crippen LogP contribution in [0.3, 0.4) is 0 Å². The van der Waals surface area contributed by atoms with Crippen molar-refractivity contribution in [3.63, 3.8) is 0 Å². The van der Waals surface area contributed by atoms with Crippen molar-refractivity contribution in [2.24, 2.45) is 5.92 Å². The zero-order valence-corrected chi connectivity index (χ0v) is 16.4. The third kappa shape index (κ3) is 4.09. The normalized spacial score (nSPS) is 17.2. The van der Waals surface area contributed by atoms with Crippen LogP contribution in [0.2, 0.25) is 0 Å². The van der Waals surface area contributed by atoms with Gasteiger partial charge in [-0.3, -0.25) is 9.59 Å². The fraction of sp³-hybridized carbons (Fsp3) is 0.500. The van der Waals surface area contributed by atoms with Crippen LogP contribution in [-0.2, 0) is 19.5 Å². The summed E-state index contributed by atoms with van der Waals surface area (Å²) in [6.07, 6.45) is 3.31. The van der Waals surface area contributed by atoms with Crippen LogP contribution in [0.4, 0.5) is 0 Å². The number of hydrogen-bond acceptors (Lipinski definition) is 5. The molecule has 0 bridgehead atoms. The first-order valence-electron chi connectivity index (χ1n) is 9.48. The number of pyridine rings is 1. The Bertz CT molecular complexity index is 871. The third-order valence-electron chi connectivity index (χ3n) is 5.38. The summed E-state index contributed by atoms with van der Waals surface area (Å²) in [5, 5.41) is 6.99. The van der Waals surface area contributed by atoms with Gasteiger partial charge in [-0.05, 0) is 41.1 Å². The Morgan fingerprint density at radius 3 is 2.89 bits per heavy atom. The van der Waals surface area contributed by atoms with Crippen molar-refractivity contribution in [1.29, 1.82) is 0 Å². The average molecular weight is 388 g/mol. The van der Waals surface area contributed by atoms with E-state index in [1.807, 2.05) is 16.8 Å². The van der Waals surface area contributed by atoms with Gasteiger partial charge in [0.05, 0.1) is 7.11 Å². The van der Waals surface area contributed by atoms with Crippen molar-refractivity contribution < 1.29 is 9.53 Å². The molecule has 1 aliphatic carbocycles. The largest absolute Gasteiger partial charge is 0.496 e. The lowest BCUT2D eigenvalue weighted by Crippen LogP contribution is -2.31. The van der Waals surface area contributed by atoms with Crippen LogP contribution < -0.4 is 15.6 Å². The maximum absolute atomic E-state index is 13.0. The summed E-state index contributed by atoms with van der Waals surface area (Å²) < 4.78 is 7.17. The fourth-order valence-electron chi connectivity index (χ4n) is 3.71. The van der Waals surface area contributed by atoms with Gasteiger partial charge in [0.25, 0.3) is 11.5 Å². The molecule has 1 saturated carbocycles. The molecule has 2 aromatic heterocycles. The van der Waals surface area contributed by atoms with E-state index in [0.717, 1.165) is 36.8 Å². The molecule has 0 radical (unpaired) electrons. The van der Waals surface area contributed by atoms with Crippen LogP contribution >= 0.6 is 11.3 Å². The van der Waals surface area contributed by atoms with E-state index >= 15 is 0 Å². The Morgan fingerprint density at radius 2 is 2.19 bits per heavy atom. The number of nitrogens with zero attached hydrogens (tertiary/aromatic N) is 2. The topological polar surface area (TPSA) is 63.6 Å². The van der Waals surface area contributed by atoms with Crippen LogP contribution in [0.1, 0.15) is 34.5 Å². The molecule has 27 heavy (non-hydrogen) atoms. The summed E-state index contributed by atoms with van der Waals surface area (Å²) >= 11 is 1.61. The minimum absolute atomic E-state index is 0.0930. The van der Waals surface area contributed by atoms with E-state index in [9.17, 15) is 9.59 Å². The molecule has 0 unspecified atom stereocenters. The number of amides is 1. The van der Waals surface area contributed by atoms with Crippen molar-refractivity contribution >= 4 is 17.2 Å². The molecule has 2 aromatic rings. The molecule has 0 atom stereocenters. The molecule has 7 heteroatoms. The minimum atomic E-state index is -0.183. The highest BCUT2D eigenvalue weighted by Crippen LogP contribution is 2.30. The summed E-state index contributed by atoms with van der Waals surface area (Å²) in [6.45, 7) is 3.91. The van der Waals surface area contributed by atoms with Crippen LogP contribution in [0.5, 0.6) is 5.75 Å². The van der Waals surface area contributed by atoms with E-state index in [-0.39, 0.29) is 11.5 Å². The monoisotopic (exact) mass is 387 g/mol. The van der Waals surface area contributed by atoms with E-state index in [0.29, 0.717) is 30.8 Å². The number of carbonyl (C=O) groups excluding carboxylic acids is 1. The molecule has 144 valence electrons.